The maximum absolute atomic E-state index is 8.61. The fraction of sp³-hybridized carbons (Fsp3) is 0.100. The summed E-state index contributed by atoms with van der Waals surface area (Å²) in [6.07, 6.45) is 6.20. The van der Waals surface area contributed by atoms with E-state index in [0.29, 0.717) is 11.7 Å². The summed E-state index contributed by atoms with van der Waals surface area (Å²) in [6, 6.07) is 18.8. The average molecular weight is 331 g/mol. The van der Waals surface area contributed by atoms with E-state index in [2.05, 4.69) is 65.8 Å². The van der Waals surface area contributed by atoms with Gasteiger partial charge >= 0.3 is 0 Å². The third-order valence-corrected chi connectivity index (χ3v) is 4.58. The smallest absolute Gasteiger partial charge is 0.183 e. The first-order chi connectivity index (χ1) is 11.7. The zero-order valence-electron chi connectivity index (χ0n) is 13.4. The van der Waals surface area contributed by atoms with Gasteiger partial charge in [-0.25, -0.2) is 0 Å². The molecule has 1 heterocycles. The molecule has 1 N–H and O–H groups in total. The van der Waals surface area contributed by atoms with E-state index < -0.39 is 0 Å². The predicted molar refractivity (Wildman–Crippen MR) is 103 cm³/mol. The molecule has 4 heteroatoms. The molecule has 0 spiro atoms. The standard InChI is InChI=1S/C20H17N3S/c1-15(11-16-5-3-2-4-6-16)18-9-7-17(8-10-18)12-19-13-22-20(24-19)23-14-21/h2-12H,13H2,1H3,(H,22,23)/b15-11?,19-12+. The van der Waals surface area contributed by atoms with Gasteiger partial charge in [0.2, 0.25) is 0 Å². The molecule has 118 valence electrons. The number of nitriles is 1. The number of thioether (sulfide) groups is 1. The highest BCUT2D eigenvalue weighted by Gasteiger charge is 2.12. The SMILES string of the molecule is CC(=Cc1ccccc1)c1ccc(/C=C2\CN=C(NC#N)S2)cc1. The number of nitrogens with one attached hydrogen (secondary N) is 1. The van der Waals surface area contributed by atoms with Gasteiger partial charge in [-0.1, -0.05) is 72.4 Å². The number of aliphatic imine (C=N–C) groups is 1. The van der Waals surface area contributed by atoms with Crippen molar-refractivity contribution in [3.05, 3.63) is 76.2 Å². The van der Waals surface area contributed by atoms with E-state index >= 15 is 0 Å². The van der Waals surface area contributed by atoms with E-state index in [9.17, 15) is 0 Å². The molecule has 24 heavy (non-hydrogen) atoms. The number of rotatable bonds is 3. The minimum Gasteiger partial charge on any atom is -0.271 e. The highest BCUT2D eigenvalue weighted by atomic mass is 32.2. The van der Waals surface area contributed by atoms with Crippen LogP contribution >= 0.6 is 11.8 Å². The van der Waals surface area contributed by atoms with Crippen LogP contribution in [0.3, 0.4) is 0 Å². The van der Waals surface area contributed by atoms with Gasteiger partial charge in [0, 0.05) is 4.91 Å². The number of nitrogens with zero attached hydrogens (tertiary/aromatic N) is 2. The van der Waals surface area contributed by atoms with E-state index in [-0.39, 0.29) is 0 Å². The lowest BCUT2D eigenvalue weighted by atomic mass is 10.0. The Kier molecular flexibility index (Phi) is 5.15. The lowest BCUT2D eigenvalue weighted by molar-refractivity contribution is 1.21. The number of hydrogen-bond acceptors (Lipinski definition) is 4. The van der Waals surface area contributed by atoms with Crippen molar-refractivity contribution in [2.24, 2.45) is 4.99 Å². The summed E-state index contributed by atoms with van der Waals surface area (Å²) < 4.78 is 0. The first-order valence-electron chi connectivity index (χ1n) is 7.66. The molecule has 1 aliphatic heterocycles. The fourth-order valence-corrected chi connectivity index (χ4v) is 3.24. The molecule has 2 aromatic rings. The van der Waals surface area contributed by atoms with Gasteiger partial charge in [0.25, 0.3) is 0 Å². The van der Waals surface area contributed by atoms with Gasteiger partial charge in [-0.3, -0.25) is 10.3 Å². The minimum atomic E-state index is 0.628. The van der Waals surface area contributed by atoms with E-state index in [0.717, 1.165) is 10.5 Å². The maximum Gasteiger partial charge on any atom is 0.183 e. The summed E-state index contributed by atoms with van der Waals surface area (Å²) in [5.74, 6) is 0. The quantitative estimate of drug-likeness (QED) is 0.501. The van der Waals surface area contributed by atoms with Crippen molar-refractivity contribution in [1.82, 2.24) is 5.32 Å². The van der Waals surface area contributed by atoms with E-state index in [1.165, 1.54) is 28.5 Å². The molecule has 1 aliphatic rings. The molecule has 0 saturated heterocycles. The summed E-state index contributed by atoms with van der Waals surface area (Å²) >= 11 is 1.51. The highest BCUT2D eigenvalue weighted by Crippen LogP contribution is 2.26. The molecular formula is C20H17N3S. The van der Waals surface area contributed by atoms with Crippen LogP contribution in [0, 0.1) is 11.5 Å². The second-order valence-electron chi connectivity index (χ2n) is 5.43. The van der Waals surface area contributed by atoms with Gasteiger partial charge in [-0.15, -0.1) is 0 Å². The van der Waals surface area contributed by atoms with Crippen LogP contribution in [0.4, 0.5) is 0 Å². The molecule has 0 amide bonds. The van der Waals surface area contributed by atoms with Crippen LogP contribution in [-0.2, 0) is 0 Å². The van der Waals surface area contributed by atoms with Gasteiger partial charge in [0.1, 0.15) is 0 Å². The highest BCUT2D eigenvalue weighted by molar-refractivity contribution is 8.17. The number of allylic oxidation sites excluding steroid dienone is 1. The zero-order chi connectivity index (χ0) is 16.8. The van der Waals surface area contributed by atoms with E-state index in [1.807, 2.05) is 24.4 Å². The third kappa shape index (κ3) is 4.15. The van der Waals surface area contributed by atoms with Gasteiger partial charge < -0.3 is 0 Å². The summed E-state index contributed by atoms with van der Waals surface area (Å²) in [4.78, 5) is 5.40. The molecule has 0 aliphatic carbocycles. The third-order valence-electron chi connectivity index (χ3n) is 3.65. The number of amidine groups is 1. The molecule has 0 unspecified atom stereocenters. The summed E-state index contributed by atoms with van der Waals surface area (Å²) in [7, 11) is 0. The second-order valence-corrected chi connectivity index (χ2v) is 6.55. The number of hydrogen-bond donors (Lipinski definition) is 1. The molecule has 0 radical (unpaired) electrons. The van der Waals surface area contributed by atoms with Crippen molar-refractivity contribution in [2.45, 2.75) is 6.92 Å². The van der Waals surface area contributed by atoms with Crippen molar-refractivity contribution in [1.29, 1.82) is 5.26 Å². The minimum absolute atomic E-state index is 0.628. The Hall–Kier alpha value is -2.77. The molecule has 3 nitrogen and oxygen atoms in total. The number of benzene rings is 2. The Morgan fingerprint density at radius 1 is 1.12 bits per heavy atom. The molecule has 2 aromatic carbocycles. The van der Waals surface area contributed by atoms with Crippen molar-refractivity contribution in [3.8, 4) is 6.19 Å². The Morgan fingerprint density at radius 2 is 1.88 bits per heavy atom. The Labute approximate surface area is 146 Å². The van der Waals surface area contributed by atoms with E-state index in [4.69, 9.17) is 5.26 Å². The normalized spacial score (nSPS) is 15.9. The average Bonchev–Trinajstić information content (AvgIpc) is 3.04. The van der Waals surface area contributed by atoms with Gasteiger partial charge in [-0.05, 0) is 35.3 Å². The summed E-state index contributed by atoms with van der Waals surface area (Å²) in [6.45, 7) is 2.75. The summed E-state index contributed by atoms with van der Waals surface area (Å²) in [5, 5.41) is 11.9. The Bertz CT molecular complexity index is 841. The first kappa shape index (κ1) is 16.1. The molecule has 0 bridgehead atoms. The zero-order valence-corrected chi connectivity index (χ0v) is 14.2. The molecule has 0 fully saturated rings. The van der Waals surface area contributed by atoms with E-state index in [1.54, 1.807) is 0 Å². The summed E-state index contributed by atoms with van der Waals surface area (Å²) in [5.41, 5.74) is 4.79. The van der Waals surface area contributed by atoms with Gasteiger partial charge in [-0.2, -0.15) is 5.26 Å². The maximum atomic E-state index is 8.61. The largest absolute Gasteiger partial charge is 0.271 e. The van der Waals surface area contributed by atoms with Crippen LogP contribution in [0.1, 0.15) is 23.6 Å². The molecular weight excluding hydrogens is 314 g/mol. The Balaban J connectivity index is 1.70. The van der Waals surface area contributed by atoms with Crippen molar-refractivity contribution in [3.63, 3.8) is 0 Å². The van der Waals surface area contributed by atoms with Crippen LogP contribution in [0.2, 0.25) is 0 Å². The topological polar surface area (TPSA) is 48.2 Å². The van der Waals surface area contributed by atoms with Crippen LogP contribution in [-0.4, -0.2) is 11.7 Å². The molecule has 0 atom stereocenters. The van der Waals surface area contributed by atoms with Crippen molar-refractivity contribution < 1.29 is 0 Å². The second kappa shape index (κ2) is 7.67. The van der Waals surface area contributed by atoms with Gasteiger partial charge in [0.15, 0.2) is 11.4 Å². The molecule has 0 saturated carbocycles. The first-order valence-corrected chi connectivity index (χ1v) is 8.48. The predicted octanol–water partition coefficient (Wildman–Crippen LogP) is 4.76. The van der Waals surface area contributed by atoms with Crippen LogP contribution < -0.4 is 5.32 Å². The lowest BCUT2D eigenvalue weighted by Gasteiger charge is -2.04. The van der Waals surface area contributed by atoms with Crippen LogP contribution in [0.25, 0.3) is 17.7 Å². The van der Waals surface area contributed by atoms with Crippen molar-refractivity contribution in [2.75, 3.05) is 6.54 Å². The van der Waals surface area contributed by atoms with Crippen LogP contribution in [0.5, 0.6) is 0 Å². The molecule has 3 rings (SSSR count). The Morgan fingerprint density at radius 3 is 2.58 bits per heavy atom. The monoisotopic (exact) mass is 331 g/mol. The lowest BCUT2D eigenvalue weighted by Crippen LogP contribution is -2.10. The van der Waals surface area contributed by atoms with Crippen LogP contribution in [0.15, 0.2) is 64.5 Å². The van der Waals surface area contributed by atoms with Gasteiger partial charge in [0.05, 0.1) is 6.54 Å². The molecule has 0 aromatic heterocycles. The fourth-order valence-electron chi connectivity index (χ4n) is 2.44. The van der Waals surface area contributed by atoms with Crippen molar-refractivity contribution >= 4 is 34.7 Å².